The Bertz CT molecular complexity index is 617. The van der Waals surface area contributed by atoms with Crippen LogP contribution in [0, 0.1) is 5.82 Å². The van der Waals surface area contributed by atoms with Gasteiger partial charge in [0, 0.05) is 11.3 Å². The van der Waals surface area contributed by atoms with Crippen LogP contribution >= 0.6 is 0 Å². The van der Waals surface area contributed by atoms with Crippen molar-refractivity contribution in [3.8, 4) is 5.69 Å². The first-order valence-corrected chi connectivity index (χ1v) is 6.45. The standard InChI is InChI=1S/C15H17FN2O/c1-4-12-9-13(5-2)18(17-12)15-7-6-11(16)8-14(15)10(3)19/h6-9H,4-5H2,1-3H3. The number of benzene rings is 1. The normalized spacial score (nSPS) is 10.7. The molecule has 100 valence electrons. The second-order valence-electron chi connectivity index (χ2n) is 4.46. The van der Waals surface area contributed by atoms with Crippen molar-refractivity contribution in [1.82, 2.24) is 9.78 Å². The monoisotopic (exact) mass is 260 g/mol. The minimum Gasteiger partial charge on any atom is -0.294 e. The van der Waals surface area contributed by atoms with Crippen molar-refractivity contribution in [2.45, 2.75) is 33.6 Å². The molecule has 0 atom stereocenters. The molecule has 0 N–H and O–H groups in total. The number of hydrogen-bond donors (Lipinski definition) is 0. The molecule has 3 nitrogen and oxygen atoms in total. The van der Waals surface area contributed by atoms with Crippen molar-refractivity contribution >= 4 is 5.78 Å². The summed E-state index contributed by atoms with van der Waals surface area (Å²) in [4.78, 5) is 11.7. The fraction of sp³-hybridized carbons (Fsp3) is 0.333. The lowest BCUT2D eigenvalue weighted by molar-refractivity contribution is 0.101. The molecule has 0 radical (unpaired) electrons. The molecule has 4 heteroatoms. The van der Waals surface area contributed by atoms with Gasteiger partial charge in [-0.05, 0) is 44.0 Å². The van der Waals surface area contributed by atoms with Gasteiger partial charge in [0.2, 0.25) is 0 Å². The van der Waals surface area contributed by atoms with Crippen molar-refractivity contribution in [2.24, 2.45) is 0 Å². The molecule has 0 amide bonds. The first-order chi connectivity index (χ1) is 9.06. The van der Waals surface area contributed by atoms with E-state index in [9.17, 15) is 9.18 Å². The summed E-state index contributed by atoms with van der Waals surface area (Å²) in [5.41, 5.74) is 2.99. The zero-order valence-electron chi connectivity index (χ0n) is 11.4. The van der Waals surface area contributed by atoms with Crippen LogP contribution in [0.4, 0.5) is 4.39 Å². The number of Topliss-reactive ketones (excluding diaryl/α,β-unsaturated/α-hetero) is 1. The second-order valence-corrected chi connectivity index (χ2v) is 4.46. The molecule has 0 unspecified atom stereocenters. The van der Waals surface area contributed by atoms with Crippen LogP contribution in [0.2, 0.25) is 0 Å². The smallest absolute Gasteiger partial charge is 0.162 e. The summed E-state index contributed by atoms with van der Waals surface area (Å²) >= 11 is 0. The van der Waals surface area contributed by atoms with E-state index in [1.807, 2.05) is 19.9 Å². The van der Waals surface area contributed by atoms with Crippen molar-refractivity contribution < 1.29 is 9.18 Å². The molecule has 0 aliphatic heterocycles. The third-order valence-corrected chi connectivity index (χ3v) is 3.12. The number of nitrogens with zero attached hydrogens (tertiary/aromatic N) is 2. The van der Waals surface area contributed by atoms with E-state index in [4.69, 9.17) is 0 Å². The first kappa shape index (κ1) is 13.5. The highest BCUT2D eigenvalue weighted by molar-refractivity contribution is 5.97. The molecule has 0 saturated heterocycles. The van der Waals surface area contributed by atoms with Gasteiger partial charge in [-0.25, -0.2) is 9.07 Å². The number of ketones is 1. The lowest BCUT2D eigenvalue weighted by Crippen LogP contribution is -2.08. The molecule has 0 aliphatic rings. The Morgan fingerprint density at radius 3 is 2.58 bits per heavy atom. The fourth-order valence-electron chi connectivity index (χ4n) is 2.08. The highest BCUT2D eigenvalue weighted by atomic mass is 19.1. The van der Waals surface area contributed by atoms with Gasteiger partial charge in [-0.15, -0.1) is 0 Å². The lowest BCUT2D eigenvalue weighted by Gasteiger charge is -2.10. The van der Waals surface area contributed by atoms with E-state index < -0.39 is 5.82 Å². The third-order valence-electron chi connectivity index (χ3n) is 3.12. The molecule has 0 fully saturated rings. The largest absolute Gasteiger partial charge is 0.294 e. The summed E-state index contributed by atoms with van der Waals surface area (Å²) in [5.74, 6) is -0.569. The molecule has 1 heterocycles. The van der Waals surface area contributed by atoms with Crippen molar-refractivity contribution in [1.29, 1.82) is 0 Å². The predicted molar refractivity (Wildman–Crippen MR) is 72.3 cm³/mol. The van der Waals surface area contributed by atoms with Crippen LogP contribution in [-0.2, 0) is 12.8 Å². The van der Waals surface area contributed by atoms with E-state index in [0.29, 0.717) is 11.3 Å². The van der Waals surface area contributed by atoms with E-state index in [-0.39, 0.29) is 5.78 Å². The number of carbonyl (C=O) groups excluding carboxylic acids is 1. The summed E-state index contributed by atoms with van der Waals surface area (Å²) < 4.78 is 15.0. The second kappa shape index (κ2) is 5.34. The lowest BCUT2D eigenvalue weighted by atomic mass is 10.1. The van der Waals surface area contributed by atoms with E-state index in [1.54, 1.807) is 10.7 Å². The third kappa shape index (κ3) is 2.57. The van der Waals surface area contributed by atoms with Gasteiger partial charge in [0.25, 0.3) is 0 Å². The van der Waals surface area contributed by atoms with E-state index in [2.05, 4.69) is 5.10 Å². The Balaban J connectivity index is 2.64. The van der Waals surface area contributed by atoms with E-state index in [1.165, 1.54) is 19.1 Å². The average Bonchev–Trinajstić information content (AvgIpc) is 2.81. The summed E-state index contributed by atoms with van der Waals surface area (Å²) in [6, 6.07) is 6.25. The Labute approximate surface area is 112 Å². The molecule has 0 aliphatic carbocycles. The Hall–Kier alpha value is -1.97. The summed E-state index contributed by atoms with van der Waals surface area (Å²) in [6.45, 7) is 5.50. The van der Waals surface area contributed by atoms with Gasteiger partial charge in [0.15, 0.2) is 5.78 Å². The SMILES string of the molecule is CCc1cc(CC)n(-c2ccc(F)cc2C(C)=O)n1. The van der Waals surface area contributed by atoms with Crippen molar-refractivity contribution in [3.05, 3.63) is 47.0 Å². The van der Waals surface area contributed by atoms with Gasteiger partial charge in [0.1, 0.15) is 5.82 Å². The minimum absolute atomic E-state index is 0.162. The van der Waals surface area contributed by atoms with Crippen molar-refractivity contribution in [2.75, 3.05) is 0 Å². The fourth-order valence-corrected chi connectivity index (χ4v) is 2.08. The molecule has 1 aromatic heterocycles. The molecule has 0 spiro atoms. The topological polar surface area (TPSA) is 34.9 Å². The van der Waals surface area contributed by atoms with E-state index >= 15 is 0 Å². The van der Waals surface area contributed by atoms with Gasteiger partial charge >= 0.3 is 0 Å². The molecule has 19 heavy (non-hydrogen) atoms. The van der Waals surface area contributed by atoms with Crippen LogP contribution in [0.3, 0.4) is 0 Å². The maximum atomic E-state index is 13.3. The van der Waals surface area contributed by atoms with Gasteiger partial charge in [-0.2, -0.15) is 5.10 Å². The van der Waals surface area contributed by atoms with Gasteiger partial charge in [0.05, 0.1) is 11.4 Å². The van der Waals surface area contributed by atoms with Gasteiger partial charge in [-0.1, -0.05) is 13.8 Å². The molecule has 2 rings (SSSR count). The quantitative estimate of drug-likeness (QED) is 0.790. The maximum Gasteiger partial charge on any atom is 0.162 e. The summed E-state index contributed by atoms with van der Waals surface area (Å²) in [7, 11) is 0. The molecule has 2 aromatic rings. The van der Waals surface area contributed by atoms with Crippen LogP contribution in [0.15, 0.2) is 24.3 Å². The van der Waals surface area contributed by atoms with Crippen LogP contribution < -0.4 is 0 Å². The van der Waals surface area contributed by atoms with E-state index in [0.717, 1.165) is 24.2 Å². The zero-order chi connectivity index (χ0) is 14.0. The minimum atomic E-state index is -0.408. The Morgan fingerprint density at radius 2 is 2.00 bits per heavy atom. The molecular formula is C15H17FN2O. The highest BCUT2D eigenvalue weighted by Gasteiger charge is 2.14. The first-order valence-electron chi connectivity index (χ1n) is 6.45. The summed E-state index contributed by atoms with van der Waals surface area (Å²) in [5, 5.41) is 4.48. The number of aryl methyl sites for hydroxylation is 2. The number of rotatable bonds is 4. The Kier molecular flexibility index (Phi) is 3.79. The summed E-state index contributed by atoms with van der Waals surface area (Å²) in [6.07, 6.45) is 1.64. The maximum absolute atomic E-state index is 13.3. The highest BCUT2D eigenvalue weighted by Crippen LogP contribution is 2.20. The molecule has 0 saturated carbocycles. The molecule has 1 aromatic carbocycles. The Morgan fingerprint density at radius 1 is 1.26 bits per heavy atom. The average molecular weight is 260 g/mol. The van der Waals surface area contributed by atoms with Gasteiger partial charge < -0.3 is 0 Å². The zero-order valence-corrected chi connectivity index (χ0v) is 11.4. The van der Waals surface area contributed by atoms with Crippen molar-refractivity contribution in [3.63, 3.8) is 0 Å². The van der Waals surface area contributed by atoms with Crippen LogP contribution in [0.1, 0.15) is 42.5 Å². The number of aromatic nitrogens is 2. The van der Waals surface area contributed by atoms with Gasteiger partial charge in [-0.3, -0.25) is 4.79 Å². The number of carbonyl (C=O) groups is 1. The molecule has 0 bridgehead atoms. The van der Waals surface area contributed by atoms with Crippen LogP contribution in [0.5, 0.6) is 0 Å². The van der Waals surface area contributed by atoms with Crippen LogP contribution in [0.25, 0.3) is 5.69 Å². The number of hydrogen-bond acceptors (Lipinski definition) is 2. The number of halogens is 1. The molecular weight excluding hydrogens is 243 g/mol. The predicted octanol–water partition coefficient (Wildman–Crippen LogP) is 3.34. The van der Waals surface area contributed by atoms with Crippen LogP contribution in [-0.4, -0.2) is 15.6 Å².